The molecule has 0 aromatic heterocycles. The van der Waals surface area contributed by atoms with Crippen LogP contribution in [0, 0.1) is 13.8 Å². The fraction of sp³-hybridized carbons (Fsp3) is 0.462. The average Bonchev–Trinajstić information content (AvgIpc) is 2.73. The van der Waals surface area contributed by atoms with E-state index >= 15 is 0 Å². The topological polar surface area (TPSA) is 24.4 Å². The van der Waals surface area contributed by atoms with Gasteiger partial charge in [-0.1, -0.05) is 34.6 Å². The molecule has 2 rings (SSSR count). The second-order valence-electron chi connectivity index (χ2n) is 4.34. The Hall–Kier alpha value is -0.480. The summed E-state index contributed by atoms with van der Waals surface area (Å²) in [5.41, 5.74) is 3.64. The number of halogens is 1. The van der Waals surface area contributed by atoms with Gasteiger partial charge in [0.2, 0.25) is 0 Å². The highest BCUT2D eigenvalue weighted by molar-refractivity contribution is 9.10. The summed E-state index contributed by atoms with van der Waals surface area (Å²) < 4.78 is 1.19. The number of benzene rings is 1. The summed E-state index contributed by atoms with van der Waals surface area (Å²) >= 11 is 5.43. The van der Waals surface area contributed by atoms with Gasteiger partial charge in [-0.15, -0.1) is 0 Å². The van der Waals surface area contributed by atoms with Gasteiger partial charge in [-0.3, -0.25) is 4.99 Å². The molecule has 0 bridgehead atoms. The number of nitrogens with one attached hydrogen (secondary N) is 1. The molecule has 1 aliphatic rings. The van der Waals surface area contributed by atoms with Crippen molar-refractivity contribution >= 4 is 38.5 Å². The number of aryl methyl sites for hydroxylation is 2. The lowest BCUT2D eigenvalue weighted by atomic mass is 10.1. The molecule has 1 N–H and O–H groups in total. The van der Waals surface area contributed by atoms with Crippen LogP contribution in [-0.2, 0) is 0 Å². The van der Waals surface area contributed by atoms with Crippen LogP contribution in [0.3, 0.4) is 0 Å². The van der Waals surface area contributed by atoms with Crippen LogP contribution in [0.4, 0.5) is 5.69 Å². The molecule has 0 saturated carbocycles. The molecule has 2 nitrogen and oxygen atoms in total. The molecule has 17 heavy (non-hydrogen) atoms. The third kappa shape index (κ3) is 3.05. The Morgan fingerprint density at radius 3 is 2.59 bits per heavy atom. The minimum Gasteiger partial charge on any atom is -0.335 e. The van der Waals surface area contributed by atoms with E-state index in [1.165, 1.54) is 22.0 Å². The molecule has 0 fully saturated rings. The SMILES string of the molecule is CCC1CN=C(Nc2cc(C)c(Br)c(C)c2)S1. The number of hydrogen-bond acceptors (Lipinski definition) is 3. The van der Waals surface area contributed by atoms with Crippen LogP contribution in [0.5, 0.6) is 0 Å². The largest absolute Gasteiger partial charge is 0.335 e. The minimum atomic E-state index is 0.648. The molecule has 4 heteroatoms. The third-order valence-electron chi connectivity index (χ3n) is 2.86. The first-order valence-electron chi connectivity index (χ1n) is 5.85. The molecule has 0 spiro atoms. The summed E-state index contributed by atoms with van der Waals surface area (Å²) in [6.07, 6.45) is 1.18. The summed E-state index contributed by atoms with van der Waals surface area (Å²) in [5, 5.41) is 5.11. The number of hydrogen-bond donors (Lipinski definition) is 1. The summed E-state index contributed by atoms with van der Waals surface area (Å²) in [5.74, 6) is 0. The number of anilines is 1. The van der Waals surface area contributed by atoms with E-state index in [0.29, 0.717) is 5.25 Å². The normalized spacial score (nSPS) is 19.3. The maximum Gasteiger partial charge on any atom is 0.161 e. The molecular formula is C13H17BrN2S. The average molecular weight is 313 g/mol. The summed E-state index contributed by atoms with van der Waals surface area (Å²) in [6, 6.07) is 4.30. The molecule has 0 aliphatic carbocycles. The van der Waals surface area contributed by atoms with Gasteiger partial charge in [0.25, 0.3) is 0 Å². The number of aliphatic imine (C=N–C) groups is 1. The van der Waals surface area contributed by atoms with Gasteiger partial charge in [0.1, 0.15) is 0 Å². The van der Waals surface area contributed by atoms with Crippen molar-refractivity contribution in [1.29, 1.82) is 0 Å². The highest BCUT2D eigenvalue weighted by Gasteiger charge is 2.17. The molecule has 0 amide bonds. The highest BCUT2D eigenvalue weighted by Crippen LogP contribution is 2.28. The summed E-state index contributed by atoms with van der Waals surface area (Å²) in [4.78, 5) is 4.52. The Bertz CT molecular complexity index is 434. The lowest BCUT2D eigenvalue weighted by Crippen LogP contribution is -2.07. The number of thioether (sulfide) groups is 1. The second-order valence-corrected chi connectivity index (χ2v) is 6.43. The van der Waals surface area contributed by atoms with E-state index < -0.39 is 0 Å². The van der Waals surface area contributed by atoms with E-state index in [4.69, 9.17) is 0 Å². The van der Waals surface area contributed by atoms with Gasteiger partial charge in [0.15, 0.2) is 5.17 Å². The molecule has 1 atom stereocenters. The molecular weight excluding hydrogens is 296 g/mol. The Labute approximate surface area is 115 Å². The van der Waals surface area contributed by atoms with Gasteiger partial charge in [-0.25, -0.2) is 0 Å². The molecule has 92 valence electrons. The van der Waals surface area contributed by atoms with E-state index in [2.05, 4.69) is 59.1 Å². The Kier molecular flexibility index (Phi) is 4.15. The molecule has 1 heterocycles. The Morgan fingerprint density at radius 1 is 1.41 bits per heavy atom. The van der Waals surface area contributed by atoms with Crippen molar-refractivity contribution in [1.82, 2.24) is 0 Å². The molecule has 1 aromatic carbocycles. The maximum absolute atomic E-state index is 4.52. The molecule has 1 aromatic rings. The van der Waals surface area contributed by atoms with Gasteiger partial charge in [-0.05, 0) is 43.5 Å². The molecule has 1 aliphatic heterocycles. The van der Waals surface area contributed by atoms with Crippen LogP contribution < -0.4 is 5.32 Å². The van der Waals surface area contributed by atoms with Crippen molar-refractivity contribution in [2.45, 2.75) is 32.4 Å². The van der Waals surface area contributed by atoms with E-state index in [9.17, 15) is 0 Å². The molecule has 0 saturated heterocycles. The first-order valence-corrected chi connectivity index (χ1v) is 7.52. The maximum atomic E-state index is 4.52. The first kappa shape index (κ1) is 13.0. The van der Waals surface area contributed by atoms with Crippen LogP contribution in [-0.4, -0.2) is 17.0 Å². The van der Waals surface area contributed by atoms with Crippen LogP contribution in [0.25, 0.3) is 0 Å². The molecule has 1 unspecified atom stereocenters. The van der Waals surface area contributed by atoms with Crippen molar-refractivity contribution in [2.24, 2.45) is 4.99 Å². The van der Waals surface area contributed by atoms with Crippen molar-refractivity contribution in [2.75, 3.05) is 11.9 Å². The fourth-order valence-electron chi connectivity index (χ4n) is 1.84. The van der Waals surface area contributed by atoms with E-state index in [-0.39, 0.29) is 0 Å². The van der Waals surface area contributed by atoms with Gasteiger partial charge in [-0.2, -0.15) is 0 Å². The number of amidine groups is 1. The zero-order valence-electron chi connectivity index (χ0n) is 10.4. The van der Waals surface area contributed by atoms with Gasteiger partial charge < -0.3 is 5.32 Å². The zero-order chi connectivity index (χ0) is 12.4. The van der Waals surface area contributed by atoms with E-state index in [0.717, 1.165) is 17.4 Å². The lowest BCUT2D eigenvalue weighted by Gasteiger charge is -2.10. The fourth-order valence-corrected chi connectivity index (χ4v) is 3.03. The van der Waals surface area contributed by atoms with E-state index in [1.807, 2.05) is 11.8 Å². The van der Waals surface area contributed by atoms with Gasteiger partial charge >= 0.3 is 0 Å². The van der Waals surface area contributed by atoms with Crippen LogP contribution in [0.1, 0.15) is 24.5 Å². The number of nitrogens with zero attached hydrogens (tertiary/aromatic N) is 1. The quantitative estimate of drug-likeness (QED) is 0.877. The third-order valence-corrected chi connectivity index (χ3v) is 5.38. The standard InChI is InChI=1S/C13H17BrN2S/c1-4-11-7-15-13(17-11)16-10-5-8(2)12(14)9(3)6-10/h5-6,11H,4,7H2,1-3H3,(H,15,16). The Morgan fingerprint density at radius 2 is 2.06 bits per heavy atom. The predicted octanol–water partition coefficient (Wildman–Crippen LogP) is 4.36. The van der Waals surface area contributed by atoms with Crippen molar-refractivity contribution in [3.63, 3.8) is 0 Å². The van der Waals surface area contributed by atoms with Gasteiger partial charge in [0.05, 0.1) is 6.54 Å². The Balaban J connectivity index is 2.10. The minimum absolute atomic E-state index is 0.648. The van der Waals surface area contributed by atoms with E-state index in [1.54, 1.807) is 0 Å². The zero-order valence-corrected chi connectivity index (χ0v) is 12.8. The lowest BCUT2D eigenvalue weighted by molar-refractivity contribution is 0.843. The summed E-state index contributed by atoms with van der Waals surface area (Å²) in [6.45, 7) is 7.38. The van der Waals surface area contributed by atoms with Crippen LogP contribution in [0.15, 0.2) is 21.6 Å². The monoisotopic (exact) mass is 312 g/mol. The smallest absolute Gasteiger partial charge is 0.161 e. The second kappa shape index (κ2) is 5.44. The van der Waals surface area contributed by atoms with Crippen LogP contribution in [0.2, 0.25) is 0 Å². The summed E-state index contributed by atoms with van der Waals surface area (Å²) in [7, 11) is 0. The highest BCUT2D eigenvalue weighted by atomic mass is 79.9. The molecule has 0 radical (unpaired) electrons. The van der Waals surface area contributed by atoms with Gasteiger partial charge in [0, 0.05) is 15.4 Å². The van der Waals surface area contributed by atoms with Crippen LogP contribution >= 0.6 is 27.7 Å². The number of rotatable bonds is 2. The van der Waals surface area contributed by atoms with Crippen molar-refractivity contribution in [3.05, 3.63) is 27.7 Å². The van der Waals surface area contributed by atoms with Crippen molar-refractivity contribution < 1.29 is 0 Å². The predicted molar refractivity (Wildman–Crippen MR) is 81.2 cm³/mol. The van der Waals surface area contributed by atoms with Crippen molar-refractivity contribution in [3.8, 4) is 0 Å². The first-order chi connectivity index (χ1) is 8.10.